The van der Waals surface area contributed by atoms with Crippen molar-refractivity contribution in [2.45, 2.75) is 44.7 Å². The third kappa shape index (κ3) is 4.66. The lowest BCUT2D eigenvalue weighted by Gasteiger charge is -2.27. The average molecular weight is 432 g/mol. The van der Waals surface area contributed by atoms with E-state index in [9.17, 15) is 14.4 Å². The standard InChI is InChI=1S/C21H22BrNO4/c22-11-13-27-12-3-5-15-4-1-7-17-18(15)14-23(21(17)26)19-10-9-16(24)6-2-8-20(19)25/h1,4,7,19H,2,6,8-14H2. The van der Waals surface area contributed by atoms with E-state index in [1.165, 1.54) is 0 Å². The Hall–Kier alpha value is -1.97. The Morgan fingerprint density at radius 2 is 2.04 bits per heavy atom. The second-order valence-corrected chi connectivity index (χ2v) is 7.51. The Bertz CT molecular complexity index is 808. The number of rotatable bonds is 4. The van der Waals surface area contributed by atoms with E-state index in [1.54, 1.807) is 11.0 Å². The van der Waals surface area contributed by atoms with Crippen LogP contribution in [0.1, 0.15) is 53.6 Å². The van der Waals surface area contributed by atoms with Crippen LogP contribution in [0.2, 0.25) is 0 Å². The molecule has 1 unspecified atom stereocenters. The molecule has 6 heteroatoms. The molecule has 0 N–H and O–H groups in total. The lowest BCUT2D eigenvalue weighted by molar-refractivity contribution is -0.126. The maximum atomic E-state index is 12.9. The summed E-state index contributed by atoms with van der Waals surface area (Å²) in [4.78, 5) is 38.9. The van der Waals surface area contributed by atoms with Gasteiger partial charge in [0.05, 0.1) is 12.6 Å². The van der Waals surface area contributed by atoms with E-state index in [0.29, 0.717) is 57.4 Å². The fraction of sp³-hybridized carbons (Fsp3) is 0.476. The molecule has 0 saturated heterocycles. The van der Waals surface area contributed by atoms with Crippen LogP contribution in [0.5, 0.6) is 0 Å². The first-order valence-corrected chi connectivity index (χ1v) is 10.3. The number of hydrogen-bond donors (Lipinski definition) is 0. The topological polar surface area (TPSA) is 63.7 Å². The first kappa shape index (κ1) is 19.8. The minimum Gasteiger partial charge on any atom is -0.368 e. The number of fused-ring (bicyclic) bond motifs is 1. The molecule has 0 aromatic heterocycles. The van der Waals surface area contributed by atoms with Gasteiger partial charge in [0.2, 0.25) is 0 Å². The molecular formula is C21H22BrNO4. The lowest BCUT2D eigenvalue weighted by atomic mass is 9.94. The van der Waals surface area contributed by atoms with Gasteiger partial charge in [-0.2, -0.15) is 0 Å². The van der Waals surface area contributed by atoms with Gasteiger partial charge >= 0.3 is 0 Å². The van der Waals surface area contributed by atoms with Crippen molar-refractivity contribution in [1.82, 2.24) is 4.90 Å². The largest absolute Gasteiger partial charge is 0.368 e. The van der Waals surface area contributed by atoms with Gasteiger partial charge in [-0.1, -0.05) is 33.8 Å². The van der Waals surface area contributed by atoms with Crippen LogP contribution < -0.4 is 0 Å². The van der Waals surface area contributed by atoms with E-state index in [-0.39, 0.29) is 17.5 Å². The molecule has 2 aliphatic rings. The predicted molar refractivity (Wildman–Crippen MR) is 105 cm³/mol. The molecule has 1 fully saturated rings. The third-order valence-corrected chi connectivity index (χ3v) is 5.26. The van der Waals surface area contributed by atoms with Crippen molar-refractivity contribution < 1.29 is 19.1 Å². The van der Waals surface area contributed by atoms with Crippen LogP contribution >= 0.6 is 15.9 Å². The zero-order valence-electron chi connectivity index (χ0n) is 15.1. The predicted octanol–water partition coefficient (Wildman–Crippen LogP) is 2.88. The molecular weight excluding hydrogens is 410 g/mol. The number of Topliss-reactive ketones (excluding diaryl/α,β-unsaturated/α-hetero) is 2. The van der Waals surface area contributed by atoms with Gasteiger partial charge in [0, 0.05) is 42.3 Å². The molecule has 142 valence electrons. The van der Waals surface area contributed by atoms with Gasteiger partial charge in [-0.15, -0.1) is 0 Å². The molecule has 1 aliphatic heterocycles. The molecule has 5 nitrogen and oxygen atoms in total. The fourth-order valence-electron chi connectivity index (χ4n) is 3.57. The zero-order valence-corrected chi connectivity index (χ0v) is 16.7. The summed E-state index contributed by atoms with van der Waals surface area (Å²) in [5.41, 5.74) is 2.25. The van der Waals surface area contributed by atoms with Crippen LogP contribution in [0.15, 0.2) is 18.2 Å². The summed E-state index contributed by atoms with van der Waals surface area (Å²) in [7, 11) is 0. The number of alkyl halides is 1. The smallest absolute Gasteiger partial charge is 0.255 e. The lowest BCUT2D eigenvalue weighted by Crippen LogP contribution is -2.42. The second kappa shape index (κ2) is 9.29. The minimum absolute atomic E-state index is 0.0551. The molecule has 1 heterocycles. The Morgan fingerprint density at radius 3 is 2.85 bits per heavy atom. The number of carbonyl (C=O) groups excluding carboxylic acids is 3. The summed E-state index contributed by atoms with van der Waals surface area (Å²) in [5.74, 6) is 6.14. The molecule has 1 aliphatic carbocycles. The third-order valence-electron chi connectivity index (χ3n) is 4.94. The molecule has 1 aromatic rings. The number of benzene rings is 1. The summed E-state index contributed by atoms with van der Waals surface area (Å²) in [6.07, 6.45) is 2.17. The normalized spacial score (nSPS) is 20.0. The van der Waals surface area contributed by atoms with Gasteiger partial charge in [-0.25, -0.2) is 0 Å². The van der Waals surface area contributed by atoms with Crippen molar-refractivity contribution in [1.29, 1.82) is 0 Å². The van der Waals surface area contributed by atoms with E-state index >= 15 is 0 Å². The Labute approximate surface area is 167 Å². The Kier molecular flexibility index (Phi) is 6.81. The van der Waals surface area contributed by atoms with Crippen molar-refractivity contribution in [2.24, 2.45) is 0 Å². The summed E-state index contributed by atoms with van der Waals surface area (Å²) < 4.78 is 5.34. The molecule has 27 heavy (non-hydrogen) atoms. The van der Waals surface area contributed by atoms with Gasteiger partial charge in [0.1, 0.15) is 12.4 Å². The van der Waals surface area contributed by atoms with Gasteiger partial charge in [-0.3, -0.25) is 14.4 Å². The summed E-state index contributed by atoms with van der Waals surface area (Å²) in [5, 5.41) is 0.761. The molecule has 1 amide bonds. The Balaban J connectivity index is 1.78. The highest BCUT2D eigenvalue weighted by molar-refractivity contribution is 9.09. The van der Waals surface area contributed by atoms with Crippen molar-refractivity contribution in [3.05, 3.63) is 34.9 Å². The van der Waals surface area contributed by atoms with Gasteiger partial charge in [-0.05, 0) is 30.5 Å². The highest BCUT2D eigenvalue weighted by Gasteiger charge is 2.37. The van der Waals surface area contributed by atoms with Crippen LogP contribution in [-0.2, 0) is 20.9 Å². The molecule has 0 spiro atoms. The second-order valence-electron chi connectivity index (χ2n) is 6.72. The van der Waals surface area contributed by atoms with Gasteiger partial charge in [0.15, 0.2) is 5.78 Å². The van der Waals surface area contributed by atoms with Crippen molar-refractivity contribution in [3.8, 4) is 11.8 Å². The van der Waals surface area contributed by atoms with E-state index in [1.807, 2.05) is 12.1 Å². The molecule has 3 rings (SSSR count). The first-order chi connectivity index (χ1) is 13.1. The van der Waals surface area contributed by atoms with Crippen molar-refractivity contribution >= 4 is 33.4 Å². The highest BCUT2D eigenvalue weighted by Crippen LogP contribution is 2.30. The monoisotopic (exact) mass is 431 g/mol. The highest BCUT2D eigenvalue weighted by atomic mass is 79.9. The maximum Gasteiger partial charge on any atom is 0.255 e. The zero-order chi connectivity index (χ0) is 19.2. The van der Waals surface area contributed by atoms with Crippen LogP contribution in [0, 0.1) is 11.8 Å². The van der Waals surface area contributed by atoms with Crippen molar-refractivity contribution in [2.75, 3.05) is 18.5 Å². The SMILES string of the molecule is O=C1CCCC(=O)C(N2Cc3c(C#CCOCCBr)cccc3C2=O)CC1. The molecule has 0 radical (unpaired) electrons. The Morgan fingerprint density at radius 1 is 1.19 bits per heavy atom. The van der Waals surface area contributed by atoms with E-state index in [0.717, 1.165) is 16.5 Å². The number of amides is 1. The fourth-order valence-corrected chi connectivity index (χ4v) is 3.80. The average Bonchev–Trinajstić information content (AvgIpc) is 2.98. The quantitative estimate of drug-likeness (QED) is 0.417. The van der Waals surface area contributed by atoms with Gasteiger partial charge < -0.3 is 9.64 Å². The number of carbonyl (C=O) groups is 3. The van der Waals surface area contributed by atoms with Crippen LogP contribution in [0.3, 0.4) is 0 Å². The number of nitrogens with zero attached hydrogens (tertiary/aromatic N) is 1. The van der Waals surface area contributed by atoms with E-state index in [4.69, 9.17) is 4.74 Å². The number of hydrogen-bond acceptors (Lipinski definition) is 4. The number of ketones is 2. The van der Waals surface area contributed by atoms with E-state index < -0.39 is 6.04 Å². The van der Waals surface area contributed by atoms with Gasteiger partial charge in [0.25, 0.3) is 5.91 Å². The summed E-state index contributed by atoms with van der Waals surface area (Å²) in [6, 6.07) is 4.96. The maximum absolute atomic E-state index is 12.9. The van der Waals surface area contributed by atoms with Crippen molar-refractivity contribution in [3.63, 3.8) is 0 Å². The summed E-state index contributed by atoms with van der Waals surface area (Å²) in [6.45, 7) is 1.29. The molecule has 1 saturated carbocycles. The molecule has 0 bridgehead atoms. The minimum atomic E-state index is -0.516. The molecule has 1 atom stereocenters. The van der Waals surface area contributed by atoms with Crippen LogP contribution in [0.25, 0.3) is 0 Å². The first-order valence-electron chi connectivity index (χ1n) is 9.21. The molecule has 1 aromatic carbocycles. The van der Waals surface area contributed by atoms with E-state index in [2.05, 4.69) is 27.8 Å². The van der Waals surface area contributed by atoms with Crippen LogP contribution in [0.4, 0.5) is 0 Å². The number of ether oxygens (including phenoxy) is 1. The van der Waals surface area contributed by atoms with Crippen LogP contribution in [-0.4, -0.2) is 47.0 Å². The summed E-state index contributed by atoms with van der Waals surface area (Å²) >= 11 is 3.29. The number of halogens is 1.